The number of pyridine rings is 1. The van der Waals surface area contributed by atoms with Gasteiger partial charge in [0.2, 0.25) is 11.8 Å². The molecule has 4 heterocycles. The molecule has 1 saturated carbocycles. The molecule has 344 valence electrons. The average molecular weight is 902 g/mol. The van der Waals surface area contributed by atoms with Gasteiger partial charge in [0.05, 0.1) is 38.2 Å². The fraction of sp³-hybridized carbons (Fsp3) is 0.358. The van der Waals surface area contributed by atoms with Crippen LogP contribution in [0.25, 0.3) is 44.4 Å². The lowest BCUT2D eigenvalue weighted by Crippen LogP contribution is -2.46. The van der Waals surface area contributed by atoms with Crippen molar-refractivity contribution in [3.8, 4) is 33.5 Å². The summed E-state index contributed by atoms with van der Waals surface area (Å²) in [6.07, 6.45) is 6.84. The van der Waals surface area contributed by atoms with E-state index in [9.17, 15) is 24.0 Å². The first-order chi connectivity index (χ1) is 32.4. The zero-order valence-electron chi connectivity index (χ0n) is 38.2. The molecule has 6 aromatic rings. The summed E-state index contributed by atoms with van der Waals surface area (Å²) in [5.41, 5.74) is 11.1. The topological polar surface area (TPSA) is 179 Å². The van der Waals surface area contributed by atoms with Gasteiger partial charge < -0.3 is 39.9 Å². The van der Waals surface area contributed by atoms with Crippen LogP contribution in [0.15, 0.2) is 102 Å². The van der Waals surface area contributed by atoms with Crippen LogP contribution in [0.2, 0.25) is 0 Å². The molecule has 0 radical (unpaired) electrons. The molecule has 6 atom stereocenters. The third-order valence-electron chi connectivity index (χ3n) is 15.0. The molecule has 0 bridgehead atoms. The second-order valence-corrected chi connectivity index (χ2v) is 18.7. The molecule has 10 rings (SSSR count). The number of hydrogen-bond donors (Lipinski definition) is 4. The highest BCUT2D eigenvalue weighted by Gasteiger charge is 2.51. The van der Waals surface area contributed by atoms with Crippen molar-refractivity contribution in [3.05, 3.63) is 136 Å². The molecule has 2 saturated heterocycles. The first kappa shape index (κ1) is 43.7. The van der Waals surface area contributed by atoms with Crippen molar-refractivity contribution in [1.29, 1.82) is 0 Å². The number of fused-ring (bicyclic) bond motifs is 4. The number of methoxy groups -OCH3 is 2. The highest BCUT2D eigenvalue weighted by atomic mass is 16.5. The molecule has 14 nitrogen and oxygen atoms in total. The Hall–Kier alpha value is -7.22. The molecule has 4 aliphatic rings. The summed E-state index contributed by atoms with van der Waals surface area (Å²) in [5.74, 6) is 0.843. The van der Waals surface area contributed by atoms with Crippen LogP contribution in [-0.2, 0) is 30.9 Å². The molecule has 4 aromatic carbocycles. The van der Waals surface area contributed by atoms with Gasteiger partial charge in [-0.1, -0.05) is 79.7 Å². The minimum Gasteiger partial charge on any atom is -0.453 e. The van der Waals surface area contributed by atoms with E-state index in [1.165, 1.54) is 37.3 Å². The second-order valence-electron chi connectivity index (χ2n) is 18.7. The number of carbonyl (C=O) groups is 4. The highest BCUT2D eigenvalue weighted by molar-refractivity contribution is 5.90. The summed E-state index contributed by atoms with van der Waals surface area (Å²) in [6, 6.07) is 27.7. The molecule has 4 amide bonds. The van der Waals surface area contributed by atoms with Gasteiger partial charge in [-0.2, -0.15) is 0 Å². The molecule has 3 fully saturated rings. The second kappa shape index (κ2) is 17.5. The van der Waals surface area contributed by atoms with Crippen molar-refractivity contribution < 1.29 is 28.7 Å². The van der Waals surface area contributed by atoms with E-state index in [-0.39, 0.29) is 34.7 Å². The quantitative estimate of drug-likeness (QED) is 0.106. The van der Waals surface area contributed by atoms with Crippen LogP contribution in [0.4, 0.5) is 9.59 Å². The van der Waals surface area contributed by atoms with E-state index >= 15 is 0 Å². The van der Waals surface area contributed by atoms with E-state index in [0.29, 0.717) is 47.6 Å². The Balaban J connectivity index is 0.908. The molecule has 2 aliphatic carbocycles. The van der Waals surface area contributed by atoms with Gasteiger partial charge in [0, 0.05) is 35.8 Å². The maximum absolute atomic E-state index is 14.1. The number of hydrogen-bond acceptors (Lipinski definition) is 8. The number of carbonyl (C=O) groups excluding carboxylic acids is 4. The SMILES string of the molecule is COC(=O)N[C@@H](C)C(=O)N1CCC[C@H]1c1ncc(-c2ccc(-c3ccc(-c4ccc5[nH]c([C@@H]6CCCN6C(=O)[C@@H](NC(=O)OC)c6ccccc6)cc(=O)c5c4)c4c3CC3CCC43C)cc2)[nH]1. The van der Waals surface area contributed by atoms with Gasteiger partial charge in [0.1, 0.15) is 17.9 Å². The molecule has 2 aromatic heterocycles. The zero-order chi connectivity index (χ0) is 46.6. The highest BCUT2D eigenvalue weighted by Crippen LogP contribution is 2.60. The number of rotatable bonds is 10. The van der Waals surface area contributed by atoms with Gasteiger partial charge in [-0.15, -0.1) is 0 Å². The Morgan fingerprint density at radius 2 is 1.43 bits per heavy atom. The van der Waals surface area contributed by atoms with Crippen LogP contribution in [0, 0.1) is 5.92 Å². The van der Waals surface area contributed by atoms with Crippen molar-refractivity contribution in [3.63, 3.8) is 0 Å². The van der Waals surface area contributed by atoms with Crippen molar-refractivity contribution in [2.24, 2.45) is 5.92 Å². The average Bonchev–Trinajstić information content (AvgIpc) is 4.18. The fourth-order valence-corrected chi connectivity index (χ4v) is 11.3. The number of imidazole rings is 1. The van der Waals surface area contributed by atoms with E-state index in [1.54, 1.807) is 34.9 Å². The molecule has 67 heavy (non-hydrogen) atoms. The van der Waals surface area contributed by atoms with E-state index in [2.05, 4.69) is 74.7 Å². The summed E-state index contributed by atoms with van der Waals surface area (Å²) in [5, 5.41) is 5.89. The standard InChI is InChI=1S/C53H55N7O7/c1-30(55-51(64)66-3)49(62)60-25-9-13-44(60)48-54-29-42(57-48)32-16-14-31(15-17-32)36-19-20-37(46-38(36)27-35-22-23-53(35,46)2)34-18-21-40-39(26-34)45(61)28-41(56-40)43-12-8-24-59(43)50(63)47(58-52(65)67-4)33-10-6-5-7-11-33/h5-7,10-11,14-21,26,28-30,35,43-44,47H,8-9,12-13,22-25,27H2,1-4H3,(H,54,57)(H,55,64)(H,56,61)(H,58,65)/t30-,35?,43-,44-,47-,53?/m0/s1. The predicted octanol–water partition coefficient (Wildman–Crippen LogP) is 8.64. The summed E-state index contributed by atoms with van der Waals surface area (Å²) < 4.78 is 9.55. The van der Waals surface area contributed by atoms with Gasteiger partial charge in [0.15, 0.2) is 5.43 Å². The maximum atomic E-state index is 14.1. The number of ether oxygens (including phenoxy) is 2. The van der Waals surface area contributed by atoms with Crippen LogP contribution in [0.5, 0.6) is 0 Å². The number of likely N-dealkylation sites (tertiary alicyclic amines) is 2. The zero-order valence-corrected chi connectivity index (χ0v) is 38.2. The first-order valence-electron chi connectivity index (χ1n) is 23.3. The first-order valence-corrected chi connectivity index (χ1v) is 23.3. The van der Waals surface area contributed by atoms with Crippen molar-refractivity contribution >= 4 is 34.9 Å². The number of alkyl carbamates (subject to hydrolysis) is 2. The molecule has 4 N–H and O–H groups in total. The number of benzene rings is 4. The van der Waals surface area contributed by atoms with E-state index in [1.807, 2.05) is 36.5 Å². The van der Waals surface area contributed by atoms with Crippen LogP contribution >= 0.6 is 0 Å². The third kappa shape index (κ3) is 7.81. The number of aromatic amines is 2. The number of nitrogens with zero attached hydrogens (tertiary/aromatic N) is 3. The lowest BCUT2D eigenvalue weighted by Gasteiger charge is -2.43. The third-order valence-corrected chi connectivity index (χ3v) is 15.0. The van der Waals surface area contributed by atoms with Gasteiger partial charge in [0.25, 0.3) is 0 Å². The van der Waals surface area contributed by atoms with Crippen molar-refractivity contribution in [2.45, 2.75) is 88.4 Å². The minimum absolute atomic E-state index is 0.0413. The summed E-state index contributed by atoms with van der Waals surface area (Å²) >= 11 is 0. The largest absolute Gasteiger partial charge is 0.453 e. The molecule has 14 heteroatoms. The van der Waals surface area contributed by atoms with Crippen molar-refractivity contribution in [1.82, 2.24) is 35.4 Å². The summed E-state index contributed by atoms with van der Waals surface area (Å²) in [4.78, 5) is 80.9. The lowest BCUT2D eigenvalue weighted by molar-refractivity contribution is -0.135. The molecular weight excluding hydrogens is 847 g/mol. The van der Waals surface area contributed by atoms with Crippen molar-refractivity contribution in [2.75, 3.05) is 27.3 Å². The van der Waals surface area contributed by atoms with E-state index < -0.39 is 24.3 Å². The molecular formula is C53H55N7O7. The van der Waals surface area contributed by atoms with Crippen LogP contribution in [0.3, 0.4) is 0 Å². The Kier molecular flexibility index (Phi) is 11.4. The molecule has 2 unspecified atom stereocenters. The van der Waals surface area contributed by atoms with Gasteiger partial charge in [-0.25, -0.2) is 14.6 Å². The number of amides is 4. The van der Waals surface area contributed by atoms with Gasteiger partial charge >= 0.3 is 12.2 Å². The number of nitrogens with one attached hydrogen (secondary N) is 4. The number of H-pyrrole nitrogens is 2. The van der Waals surface area contributed by atoms with E-state index in [4.69, 9.17) is 9.72 Å². The Morgan fingerprint density at radius 1 is 0.761 bits per heavy atom. The fourth-order valence-electron chi connectivity index (χ4n) is 11.3. The summed E-state index contributed by atoms with van der Waals surface area (Å²) in [6.45, 7) is 5.14. The Morgan fingerprint density at radius 3 is 2.15 bits per heavy atom. The number of aromatic nitrogens is 3. The normalized spacial score (nSPS) is 21.5. The molecule has 2 aliphatic heterocycles. The monoisotopic (exact) mass is 901 g/mol. The van der Waals surface area contributed by atoms with Gasteiger partial charge in [-0.05, 0) is 120 Å². The van der Waals surface area contributed by atoms with E-state index in [0.717, 1.165) is 65.9 Å². The smallest absolute Gasteiger partial charge is 0.407 e. The summed E-state index contributed by atoms with van der Waals surface area (Å²) in [7, 11) is 2.55. The van der Waals surface area contributed by atoms with Crippen LogP contribution < -0.4 is 16.1 Å². The lowest BCUT2D eigenvalue weighted by atomic mass is 9.60. The van der Waals surface area contributed by atoms with Crippen LogP contribution in [-0.4, -0.2) is 82.1 Å². The van der Waals surface area contributed by atoms with Crippen LogP contribution in [0.1, 0.15) is 98.7 Å². The Labute approximate surface area is 388 Å². The minimum atomic E-state index is -0.937. The Bertz CT molecular complexity index is 2970. The van der Waals surface area contributed by atoms with Gasteiger partial charge in [-0.3, -0.25) is 14.4 Å². The maximum Gasteiger partial charge on any atom is 0.407 e. The molecule has 0 spiro atoms. The predicted molar refractivity (Wildman–Crippen MR) is 254 cm³/mol.